The Morgan fingerprint density at radius 1 is 1.67 bits per heavy atom. The van der Waals surface area contributed by atoms with Gasteiger partial charge in [-0.2, -0.15) is 11.3 Å². The summed E-state index contributed by atoms with van der Waals surface area (Å²) >= 11 is 1.77. The van der Waals surface area contributed by atoms with Crippen molar-refractivity contribution in [3.8, 4) is 0 Å². The lowest BCUT2D eigenvalue weighted by Crippen LogP contribution is -2.29. The lowest BCUT2D eigenvalue weighted by Gasteiger charge is -2.16. The third-order valence-electron chi connectivity index (χ3n) is 2.47. The van der Waals surface area contributed by atoms with Gasteiger partial charge in [-0.1, -0.05) is 0 Å². The van der Waals surface area contributed by atoms with Gasteiger partial charge in [0.2, 0.25) is 0 Å². The molecule has 3 heteroatoms. The van der Waals surface area contributed by atoms with Crippen molar-refractivity contribution in [3.05, 3.63) is 16.8 Å². The number of hydrogen-bond donors (Lipinski definition) is 1. The minimum absolute atomic E-state index is 0.685. The maximum Gasteiger partial charge on any atom is 0.0475 e. The zero-order valence-corrected chi connectivity index (χ0v) is 8.10. The molecule has 66 valence electrons. The summed E-state index contributed by atoms with van der Waals surface area (Å²) in [5, 5.41) is 7.68. The van der Waals surface area contributed by atoms with Gasteiger partial charge in [0.05, 0.1) is 0 Å². The summed E-state index contributed by atoms with van der Waals surface area (Å²) in [5.74, 6) is 0. The third-order valence-corrected chi connectivity index (χ3v) is 3.14. The monoisotopic (exact) mass is 182 g/mol. The minimum Gasteiger partial charge on any atom is -0.369 e. The lowest BCUT2D eigenvalue weighted by molar-refractivity contribution is 0.617. The average Bonchev–Trinajstić information content (AvgIpc) is 2.75. The normalized spacial score (nSPS) is 23.4. The van der Waals surface area contributed by atoms with E-state index in [1.54, 1.807) is 11.3 Å². The standard InChI is InChI=1S/C9H14N2S/c1-10-8-2-4-11(6-8)9-3-5-12-7-9/h3,5,7-8,10H,2,4,6H2,1H3. The summed E-state index contributed by atoms with van der Waals surface area (Å²) < 4.78 is 0. The third kappa shape index (κ3) is 1.47. The number of nitrogens with zero attached hydrogens (tertiary/aromatic N) is 1. The highest BCUT2D eigenvalue weighted by molar-refractivity contribution is 7.08. The first-order valence-electron chi connectivity index (χ1n) is 4.34. The Labute approximate surface area is 77.2 Å². The quantitative estimate of drug-likeness (QED) is 0.746. The first-order valence-corrected chi connectivity index (χ1v) is 5.29. The minimum atomic E-state index is 0.685. The van der Waals surface area contributed by atoms with E-state index in [1.807, 2.05) is 7.05 Å². The van der Waals surface area contributed by atoms with E-state index in [-0.39, 0.29) is 0 Å². The molecule has 0 bridgehead atoms. The van der Waals surface area contributed by atoms with Crippen LogP contribution >= 0.6 is 11.3 Å². The molecule has 1 aromatic heterocycles. The van der Waals surface area contributed by atoms with Gasteiger partial charge in [0, 0.05) is 30.2 Å². The molecule has 1 unspecified atom stereocenters. The molecular weight excluding hydrogens is 168 g/mol. The molecule has 0 aliphatic carbocycles. The maximum absolute atomic E-state index is 3.32. The second-order valence-corrected chi connectivity index (χ2v) is 3.98. The Morgan fingerprint density at radius 3 is 3.17 bits per heavy atom. The fourth-order valence-corrected chi connectivity index (χ4v) is 2.33. The highest BCUT2D eigenvalue weighted by Gasteiger charge is 2.20. The van der Waals surface area contributed by atoms with E-state index in [2.05, 4.69) is 27.0 Å². The molecule has 2 nitrogen and oxygen atoms in total. The van der Waals surface area contributed by atoms with Crippen LogP contribution < -0.4 is 10.2 Å². The van der Waals surface area contributed by atoms with E-state index in [1.165, 1.54) is 18.7 Å². The largest absolute Gasteiger partial charge is 0.369 e. The summed E-state index contributed by atoms with van der Waals surface area (Å²) in [7, 11) is 2.04. The van der Waals surface area contributed by atoms with Crippen LogP contribution in [0.1, 0.15) is 6.42 Å². The number of anilines is 1. The van der Waals surface area contributed by atoms with E-state index in [0.717, 1.165) is 6.54 Å². The van der Waals surface area contributed by atoms with Crippen LogP contribution in [-0.4, -0.2) is 26.2 Å². The molecule has 2 rings (SSSR count). The van der Waals surface area contributed by atoms with E-state index < -0.39 is 0 Å². The predicted octanol–water partition coefficient (Wildman–Crippen LogP) is 1.55. The Hall–Kier alpha value is -0.540. The molecule has 0 amide bonds. The highest BCUT2D eigenvalue weighted by Crippen LogP contribution is 2.22. The molecule has 2 heterocycles. The molecule has 1 aromatic rings. The molecule has 0 saturated carbocycles. The second-order valence-electron chi connectivity index (χ2n) is 3.20. The van der Waals surface area contributed by atoms with Gasteiger partial charge >= 0.3 is 0 Å². The molecule has 1 saturated heterocycles. The van der Waals surface area contributed by atoms with Crippen molar-refractivity contribution < 1.29 is 0 Å². The summed E-state index contributed by atoms with van der Waals surface area (Å²) in [6.45, 7) is 2.36. The van der Waals surface area contributed by atoms with Crippen LogP contribution in [-0.2, 0) is 0 Å². The SMILES string of the molecule is CNC1CCN(c2ccsc2)C1. The number of thiophene rings is 1. The fourth-order valence-electron chi connectivity index (χ4n) is 1.67. The Bertz CT molecular complexity index is 233. The van der Waals surface area contributed by atoms with Crippen LogP contribution in [0.4, 0.5) is 5.69 Å². The van der Waals surface area contributed by atoms with Crippen LogP contribution in [0.5, 0.6) is 0 Å². The average molecular weight is 182 g/mol. The molecule has 0 aromatic carbocycles. The first-order chi connectivity index (χ1) is 5.90. The van der Waals surface area contributed by atoms with Crippen LogP contribution in [0.15, 0.2) is 16.8 Å². The van der Waals surface area contributed by atoms with Crippen molar-refractivity contribution in [3.63, 3.8) is 0 Å². The van der Waals surface area contributed by atoms with Gasteiger partial charge in [-0.3, -0.25) is 0 Å². The number of hydrogen-bond acceptors (Lipinski definition) is 3. The Kier molecular flexibility index (Phi) is 2.33. The second kappa shape index (κ2) is 3.46. The van der Waals surface area contributed by atoms with Crippen LogP contribution in [0.3, 0.4) is 0 Å². The van der Waals surface area contributed by atoms with Crippen molar-refractivity contribution >= 4 is 17.0 Å². The topological polar surface area (TPSA) is 15.3 Å². The molecule has 1 fully saturated rings. The highest BCUT2D eigenvalue weighted by atomic mass is 32.1. The van der Waals surface area contributed by atoms with Crippen LogP contribution in [0.25, 0.3) is 0 Å². The van der Waals surface area contributed by atoms with Crippen molar-refractivity contribution in [2.75, 3.05) is 25.0 Å². The molecule has 1 atom stereocenters. The van der Waals surface area contributed by atoms with Crippen LogP contribution in [0, 0.1) is 0 Å². The predicted molar refractivity (Wildman–Crippen MR) is 54.0 cm³/mol. The van der Waals surface area contributed by atoms with E-state index in [9.17, 15) is 0 Å². The fraction of sp³-hybridized carbons (Fsp3) is 0.556. The zero-order valence-electron chi connectivity index (χ0n) is 7.29. The van der Waals surface area contributed by atoms with Crippen molar-refractivity contribution in [1.82, 2.24) is 5.32 Å². The van der Waals surface area contributed by atoms with Gasteiger partial charge < -0.3 is 10.2 Å². The first kappa shape index (κ1) is 8.08. The Balaban J connectivity index is 2.00. The molecule has 0 radical (unpaired) electrons. The van der Waals surface area contributed by atoms with Gasteiger partial charge in [0.1, 0.15) is 0 Å². The summed E-state index contributed by atoms with van der Waals surface area (Å²) in [4.78, 5) is 2.44. The summed E-state index contributed by atoms with van der Waals surface area (Å²) in [6.07, 6.45) is 1.27. The summed E-state index contributed by atoms with van der Waals surface area (Å²) in [6, 6.07) is 2.88. The lowest BCUT2D eigenvalue weighted by atomic mass is 10.3. The molecule has 1 N–H and O–H groups in total. The van der Waals surface area contributed by atoms with Gasteiger partial charge in [-0.05, 0) is 24.9 Å². The van der Waals surface area contributed by atoms with Gasteiger partial charge in [-0.25, -0.2) is 0 Å². The van der Waals surface area contributed by atoms with E-state index in [4.69, 9.17) is 0 Å². The molecule has 1 aliphatic heterocycles. The van der Waals surface area contributed by atoms with Gasteiger partial charge in [0.15, 0.2) is 0 Å². The molecule has 12 heavy (non-hydrogen) atoms. The van der Waals surface area contributed by atoms with Crippen LogP contribution in [0.2, 0.25) is 0 Å². The number of nitrogens with one attached hydrogen (secondary N) is 1. The van der Waals surface area contributed by atoms with E-state index >= 15 is 0 Å². The van der Waals surface area contributed by atoms with Crippen molar-refractivity contribution in [2.45, 2.75) is 12.5 Å². The van der Waals surface area contributed by atoms with Crippen molar-refractivity contribution in [2.24, 2.45) is 0 Å². The number of rotatable bonds is 2. The number of likely N-dealkylation sites (N-methyl/N-ethyl adjacent to an activating group) is 1. The summed E-state index contributed by atoms with van der Waals surface area (Å²) in [5.41, 5.74) is 1.39. The Morgan fingerprint density at radius 2 is 2.58 bits per heavy atom. The maximum atomic E-state index is 3.32. The van der Waals surface area contributed by atoms with Gasteiger partial charge in [0.25, 0.3) is 0 Å². The molecular formula is C9H14N2S. The molecule has 1 aliphatic rings. The molecule has 0 spiro atoms. The van der Waals surface area contributed by atoms with E-state index in [0.29, 0.717) is 6.04 Å². The zero-order chi connectivity index (χ0) is 8.39. The van der Waals surface area contributed by atoms with Gasteiger partial charge in [-0.15, -0.1) is 0 Å². The smallest absolute Gasteiger partial charge is 0.0475 e. The van der Waals surface area contributed by atoms with Crippen molar-refractivity contribution in [1.29, 1.82) is 0 Å².